The van der Waals surface area contributed by atoms with Gasteiger partial charge in [0.05, 0.1) is 29.7 Å². The van der Waals surface area contributed by atoms with Crippen molar-refractivity contribution in [2.24, 2.45) is 0 Å². The van der Waals surface area contributed by atoms with E-state index in [2.05, 4.69) is 15.3 Å². The standard InChI is InChI=1S/C24H30N4O6S/c1-16(2)33-24(29)25-12-17(3)13-32-14-18(4)34-23-11-22(26-15-27-23)28-9-8-19-10-20(35(5,30)31)6-7-21(19)28/h6-12,15-16,18H,13-14H2,1-5H3,(H,25,29)/b17-12-. The van der Waals surface area contributed by atoms with E-state index in [9.17, 15) is 13.2 Å². The van der Waals surface area contributed by atoms with Crippen LogP contribution in [0.25, 0.3) is 16.7 Å². The second kappa shape index (κ2) is 11.3. The van der Waals surface area contributed by atoms with E-state index in [0.717, 1.165) is 16.5 Å². The lowest BCUT2D eigenvalue weighted by atomic mass is 10.2. The molecule has 2 heterocycles. The Morgan fingerprint density at radius 3 is 2.66 bits per heavy atom. The van der Waals surface area contributed by atoms with Crippen LogP contribution >= 0.6 is 0 Å². The number of benzene rings is 1. The van der Waals surface area contributed by atoms with Crippen molar-refractivity contribution >= 4 is 26.8 Å². The molecule has 1 N–H and O–H groups in total. The lowest BCUT2D eigenvalue weighted by Crippen LogP contribution is -2.23. The van der Waals surface area contributed by atoms with Crippen molar-refractivity contribution in [2.75, 3.05) is 19.5 Å². The van der Waals surface area contributed by atoms with Gasteiger partial charge in [0, 0.05) is 30.1 Å². The van der Waals surface area contributed by atoms with Crippen molar-refractivity contribution in [3.63, 3.8) is 0 Å². The van der Waals surface area contributed by atoms with E-state index >= 15 is 0 Å². The van der Waals surface area contributed by atoms with E-state index in [4.69, 9.17) is 14.2 Å². The van der Waals surface area contributed by atoms with Gasteiger partial charge in [0.1, 0.15) is 18.2 Å². The monoisotopic (exact) mass is 502 g/mol. The van der Waals surface area contributed by atoms with Gasteiger partial charge >= 0.3 is 6.09 Å². The molecule has 0 radical (unpaired) electrons. The Kier molecular flexibility index (Phi) is 8.47. The maximum Gasteiger partial charge on any atom is 0.411 e. The number of amides is 1. The number of alkyl carbamates (subject to hydrolysis) is 1. The number of carbonyl (C=O) groups excluding carboxylic acids is 1. The summed E-state index contributed by atoms with van der Waals surface area (Å²) in [4.78, 5) is 20.3. The maximum absolute atomic E-state index is 11.8. The average Bonchev–Trinajstić information content (AvgIpc) is 3.20. The van der Waals surface area contributed by atoms with E-state index in [0.29, 0.717) is 24.9 Å². The molecule has 0 aliphatic rings. The molecule has 11 heteroatoms. The van der Waals surface area contributed by atoms with Crippen molar-refractivity contribution in [3.8, 4) is 11.7 Å². The molecule has 0 bridgehead atoms. The number of hydrogen-bond acceptors (Lipinski definition) is 8. The lowest BCUT2D eigenvalue weighted by molar-refractivity contribution is 0.0677. The Labute approximate surface area is 204 Å². The summed E-state index contributed by atoms with van der Waals surface area (Å²) in [6.45, 7) is 7.86. The predicted molar refractivity (Wildman–Crippen MR) is 131 cm³/mol. The molecule has 1 aromatic carbocycles. The quantitative estimate of drug-likeness (QED) is 0.446. The molecule has 0 fully saturated rings. The third-order valence-corrected chi connectivity index (χ3v) is 5.86. The first-order valence-electron chi connectivity index (χ1n) is 11.0. The van der Waals surface area contributed by atoms with Crippen molar-refractivity contribution in [2.45, 2.75) is 44.8 Å². The van der Waals surface area contributed by atoms with Gasteiger partial charge < -0.3 is 18.8 Å². The summed E-state index contributed by atoms with van der Waals surface area (Å²) in [5, 5.41) is 3.33. The fourth-order valence-electron chi connectivity index (χ4n) is 3.18. The highest BCUT2D eigenvalue weighted by Crippen LogP contribution is 2.24. The molecule has 0 spiro atoms. The summed E-state index contributed by atoms with van der Waals surface area (Å²) in [6, 6.07) is 8.49. The van der Waals surface area contributed by atoms with Crippen LogP contribution in [0.3, 0.4) is 0 Å². The van der Waals surface area contributed by atoms with Crippen LogP contribution in [0.1, 0.15) is 27.7 Å². The highest BCUT2D eigenvalue weighted by atomic mass is 32.2. The Balaban J connectivity index is 1.58. The number of sulfone groups is 1. The first kappa shape index (κ1) is 26.2. The van der Waals surface area contributed by atoms with Crippen LogP contribution in [0, 0.1) is 0 Å². The fourth-order valence-corrected chi connectivity index (χ4v) is 3.83. The van der Waals surface area contributed by atoms with Gasteiger partial charge in [-0.05, 0) is 57.5 Å². The van der Waals surface area contributed by atoms with Crippen LogP contribution < -0.4 is 10.1 Å². The first-order chi connectivity index (χ1) is 16.5. The van der Waals surface area contributed by atoms with Crippen molar-refractivity contribution < 1.29 is 27.4 Å². The molecular formula is C24H30N4O6S. The highest BCUT2D eigenvalue weighted by Gasteiger charge is 2.12. The Morgan fingerprint density at radius 1 is 1.17 bits per heavy atom. The number of hydrogen-bond donors (Lipinski definition) is 1. The van der Waals surface area contributed by atoms with Crippen LogP contribution in [-0.4, -0.2) is 60.7 Å². The minimum absolute atomic E-state index is 0.191. The second-order valence-corrected chi connectivity index (χ2v) is 10.4. The zero-order chi connectivity index (χ0) is 25.6. The van der Waals surface area contributed by atoms with Crippen LogP contribution in [0.4, 0.5) is 4.79 Å². The molecule has 1 amide bonds. The van der Waals surface area contributed by atoms with Gasteiger partial charge in [-0.25, -0.2) is 23.2 Å². The smallest absolute Gasteiger partial charge is 0.411 e. The Bertz CT molecular complexity index is 1320. The third-order valence-electron chi connectivity index (χ3n) is 4.75. The summed E-state index contributed by atoms with van der Waals surface area (Å²) >= 11 is 0. The molecule has 0 saturated carbocycles. The van der Waals surface area contributed by atoms with Crippen LogP contribution in [0.5, 0.6) is 5.88 Å². The number of nitrogens with one attached hydrogen (secondary N) is 1. The normalized spacial score (nSPS) is 13.1. The van der Waals surface area contributed by atoms with Gasteiger partial charge in [0.25, 0.3) is 0 Å². The van der Waals surface area contributed by atoms with Crippen LogP contribution in [0.15, 0.2) is 59.5 Å². The highest BCUT2D eigenvalue weighted by molar-refractivity contribution is 7.90. The molecule has 1 atom stereocenters. The molecule has 10 nitrogen and oxygen atoms in total. The minimum atomic E-state index is -3.29. The number of ether oxygens (including phenoxy) is 3. The minimum Gasteiger partial charge on any atom is -0.472 e. The molecule has 188 valence electrons. The van der Waals surface area contributed by atoms with Gasteiger partial charge in [0.15, 0.2) is 9.84 Å². The number of carbonyl (C=O) groups is 1. The predicted octanol–water partition coefficient (Wildman–Crippen LogP) is 3.65. The number of rotatable bonds is 10. The summed E-state index contributed by atoms with van der Waals surface area (Å²) < 4.78 is 42.0. The van der Waals surface area contributed by atoms with Crippen molar-refractivity contribution in [1.82, 2.24) is 19.9 Å². The molecule has 1 unspecified atom stereocenters. The van der Waals surface area contributed by atoms with E-state index in [1.165, 1.54) is 12.6 Å². The van der Waals surface area contributed by atoms with Gasteiger partial charge in [-0.2, -0.15) is 0 Å². The largest absolute Gasteiger partial charge is 0.472 e. The topological polar surface area (TPSA) is 122 Å². The fraction of sp³-hybridized carbons (Fsp3) is 0.375. The average molecular weight is 503 g/mol. The van der Waals surface area contributed by atoms with E-state index in [-0.39, 0.29) is 17.1 Å². The van der Waals surface area contributed by atoms with Crippen molar-refractivity contribution in [1.29, 1.82) is 0 Å². The maximum atomic E-state index is 11.8. The second-order valence-electron chi connectivity index (χ2n) is 8.43. The van der Waals surface area contributed by atoms with Crippen LogP contribution in [-0.2, 0) is 19.3 Å². The summed E-state index contributed by atoms with van der Waals surface area (Å²) in [5.74, 6) is 0.967. The first-order valence-corrected chi connectivity index (χ1v) is 12.9. The molecule has 0 aliphatic heterocycles. The molecule has 0 saturated heterocycles. The van der Waals surface area contributed by atoms with Crippen LogP contribution in [0.2, 0.25) is 0 Å². The van der Waals surface area contributed by atoms with Gasteiger partial charge in [-0.1, -0.05) is 0 Å². The molecule has 35 heavy (non-hydrogen) atoms. The van der Waals surface area contributed by atoms with E-state index < -0.39 is 15.9 Å². The summed E-state index contributed by atoms with van der Waals surface area (Å²) in [5.41, 5.74) is 1.63. The summed E-state index contributed by atoms with van der Waals surface area (Å²) in [7, 11) is -3.29. The van der Waals surface area contributed by atoms with E-state index in [1.54, 1.807) is 44.3 Å². The van der Waals surface area contributed by atoms with E-state index in [1.807, 2.05) is 30.7 Å². The lowest BCUT2D eigenvalue weighted by Gasteiger charge is -2.15. The zero-order valence-electron chi connectivity index (χ0n) is 20.4. The number of nitrogens with zero attached hydrogens (tertiary/aromatic N) is 3. The third kappa shape index (κ3) is 7.52. The molecular weight excluding hydrogens is 472 g/mol. The summed E-state index contributed by atoms with van der Waals surface area (Å²) in [6.07, 6.45) is 4.96. The Morgan fingerprint density at radius 2 is 1.94 bits per heavy atom. The molecule has 3 aromatic rings. The van der Waals surface area contributed by atoms with Gasteiger partial charge in [-0.3, -0.25) is 5.32 Å². The van der Waals surface area contributed by atoms with Crippen molar-refractivity contribution in [3.05, 3.63) is 54.6 Å². The zero-order valence-corrected chi connectivity index (χ0v) is 21.2. The van der Waals surface area contributed by atoms with Gasteiger partial charge in [-0.15, -0.1) is 0 Å². The molecule has 2 aromatic heterocycles. The molecule has 0 aliphatic carbocycles. The SMILES string of the molecule is C/C(=C/NC(=O)OC(C)C)COCC(C)Oc1cc(-n2ccc3cc(S(C)(=O)=O)ccc32)ncn1. The number of aromatic nitrogens is 3. The Hall–Kier alpha value is -3.44. The molecule has 3 rings (SSSR count). The number of fused-ring (bicyclic) bond motifs is 1. The van der Waals surface area contributed by atoms with Gasteiger partial charge in [0.2, 0.25) is 5.88 Å².